The highest BCUT2D eigenvalue weighted by atomic mass is 15.2. The van der Waals surface area contributed by atoms with Crippen LogP contribution in [0.2, 0.25) is 0 Å². The van der Waals surface area contributed by atoms with Crippen molar-refractivity contribution < 1.29 is 0 Å². The minimum Gasteiger partial charge on any atom is -0.310 e. The highest BCUT2D eigenvalue weighted by Gasteiger charge is 2.22. The van der Waals surface area contributed by atoms with Gasteiger partial charge in [-0.25, -0.2) is 0 Å². The lowest BCUT2D eigenvalue weighted by atomic mass is 9.99. The standard InChI is InChI=1S/C20H35N3/c1-17(2)14-20(16-22(3)4)21-19-10-12-23(13-11-19)15-18-8-6-5-7-9-18/h5-9,17,19-21H,10-16H2,1-4H3. The smallest absolute Gasteiger partial charge is 0.0233 e. The Morgan fingerprint density at radius 3 is 2.35 bits per heavy atom. The van der Waals surface area contributed by atoms with Gasteiger partial charge in [0.15, 0.2) is 0 Å². The molecule has 1 aliphatic rings. The molecule has 130 valence electrons. The average Bonchev–Trinajstić information content (AvgIpc) is 2.49. The fraction of sp³-hybridized carbons (Fsp3) is 0.700. The molecule has 3 heteroatoms. The van der Waals surface area contributed by atoms with Gasteiger partial charge in [-0.05, 0) is 57.9 Å². The Bertz CT molecular complexity index is 412. The fourth-order valence-electron chi connectivity index (χ4n) is 3.64. The predicted octanol–water partition coefficient (Wildman–Crippen LogP) is 3.22. The molecule has 1 fully saturated rings. The largest absolute Gasteiger partial charge is 0.310 e. The van der Waals surface area contributed by atoms with Crippen molar-refractivity contribution >= 4 is 0 Å². The van der Waals surface area contributed by atoms with E-state index in [9.17, 15) is 0 Å². The number of likely N-dealkylation sites (N-methyl/N-ethyl adjacent to an activating group) is 1. The fourth-order valence-corrected chi connectivity index (χ4v) is 3.64. The zero-order valence-electron chi connectivity index (χ0n) is 15.5. The third-order valence-electron chi connectivity index (χ3n) is 4.65. The Kier molecular flexibility index (Phi) is 7.54. The zero-order chi connectivity index (χ0) is 16.7. The molecule has 23 heavy (non-hydrogen) atoms. The van der Waals surface area contributed by atoms with E-state index in [0.717, 1.165) is 19.0 Å². The van der Waals surface area contributed by atoms with Gasteiger partial charge >= 0.3 is 0 Å². The number of benzene rings is 1. The molecule has 3 nitrogen and oxygen atoms in total. The molecule has 0 aromatic heterocycles. The van der Waals surface area contributed by atoms with Crippen LogP contribution in [0.15, 0.2) is 30.3 Å². The first-order valence-corrected chi connectivity index (χ1v) is 9.20. The van der Waals surface area contributed by atoms with E-state index in [1.807, 2.05) is 0 Å². The van der Waals surface area contributed by atoms with Gasteiger partial charge < -0.3 is 10.2 Å². The molecule has 2 rings (SSSR count). The Morgan fingerprint density at radius 2 is 1.78 bits per heavy atom. The van der Waals surface area contributed by atoms with Crippen LogP contribution in [0.4, 0.5) is 0 Å². The first-order valence-electron chi connectivity index (χ1n) is 9.20. The van der Waals surface area contributed by atoms with E-state index in [-0.39, 0.29) is 0 Å². The summed E-state index contributed by atoms with van der Waals surface area (Å²) in [6.45, 7) is 9.31. The number of likely N-dealkylation sites (tertiary alicyclic amines) is 1. The molecule has 1 aromatic rings. The van der Waals surface area contributed by atoms with Crippen LogP contribution in [0.5, 0.6) is 0 Å². The van der Waals surface area contributed by atoms with Crippen LogP contribution in [-0.2, 0) is 6.54 Å². The van der Waals surface area contributed by atoms with Gasteiger partial charge in [0.25, 0.3) is 0 Å². The van der Waals surface area contributed by atoms with Crippen molar-refractivity contribution in [3.05, 3.63) is 35.9 Å². The molecule has 0 amide bonds. The topological polar surface area (TPSA) is 18.5 Å². The monoisotopic (exact) mass is 317 g/mol. The van der Waals surface area contributed by atoms with Crippen LogP contribution < -0.4 is 5.32 Å². The number of rotatable bonds is 8. The van der Waals surface area contributed by atoms with E-state index in [0.29, 0.717) is 12.1 Å². The Balaban J connectivity index is 1.76. The van der Waals surface area contributed by atoms with Crippen LogP contribution in [0.1, 0.15) is 38.7 Å². The summed E-state index contributed by atoms with van der Waals surface area (Å²) in [6, 6.07) is 12.2. The summed E-state index contributed by atoms with van der Waals surface area (Å²) in [4.78, 5) is 4.90. The Labute approximate surface area is 143 Å². The maximum absolute atomic E-state index is 3.93. The quantitative estimate of drug-likeness (QED) is 0.794. The molecule has 1 aliphatic heterocycles. The zero-order valence-corrected chi connectivity index (χ0v) is 15.5. The van der Waals surface area contributed by atoms with Crippen molar-refractivity contribution in [1.29, 1.82) is 0 Å². The summed E-state index contributed by atoms with van der Waals surface area (Å²) in [7, 11) is 4.36. The van der Waals surface area contributed by atoms with Crippen molar-refractivity contribution in [2.45, 2.75) is 51.7 Å². The lowest BCUT2D eigenvalue weighted by Gasteiger charge is -2.35. The summed E-state index contributed by atoms with van der Waals surface area (Å²) in [5, 5.41) is 3.93. The van der Waals surface area contributed by atoms with E-state index < -0.39 is 0 Å². The first-order chi connectivity index (χ1) is 11.0. The third kappa shape index (κ3) is 7.03. The van der Waals surface area contributed by atoms with Crippen molar-refractivity contribution in [3.8, 4) is 0 Å². The normalized spacial score (nSPS) is 18.7. The highest BCUT2D eigenvalue weighted by molar-refractivity contribution is 5.14. The number of piperidine rings is 1. The first kappa shape index (κ1) is 18.4. The molecule has 0 spiro atoms. The molecule has 1 heterocycles. The molecule has 0 saturated carbocycles. The number of nitrogens with one attached hydrogen (secondary N) is 1. The van der Waals surface area contributed by atoms with Crippen LogP contribution in [0, 0.1) is 5.92 Å². The predicted molar refractivity (Wildman–Crippen MR) is 99.7 cm³/mol. The van der Waals surface area contributed by atoms with Gasteiger partial charge in [-0.3, -0.25) is 4.90 Å². The maximum atomic E-state index is 3.93. The number of hydrogen-bond donors (Lipinski definition) is 1. The second kappa shape index (κ2) is 9.41. The van der Waals surface area contributed by atoms with Crippen molar-refractivity contribution in [2.24, 2.45) is 5.92 Å². The molecular formula is C20H35N3. The van der Waals surface area contributed by atoms with E-state index in [1.165, 1.54) is 37.9 Å². The lowest BCUT2D eigenvalue weighted by molar-refractivity contribution is 0.174. The molecule has 1 aromatic carbocycles. The number of nitrogens with zero attached hydrogens (tertiary/aromatic N) is 2. The third-order valence-corrected chi connectivity index (χ3v) is 4.65. The number of hydrogen-bond acceptors (Lipinski definition) is 3. The van der Waals surface area contributed by atoms with Crippen LogP contribution >= 0.6 is 0 Å². The van der Waals surface area contributed by atoms with E-state index >= 15 is 0 Å². The summed E-state index contributed by atoms with van der Waals surface area (Å²) in [6.07, 6.45) is 3.81. The van der Waals surface area contributed by atoms with E-state index in [4.69, 9.17) is 0 Å². The van der Waals surface area contributed by atoms with Gasteiger partial charge in [-0.1, -0.05) is 44.2 Å². The Hall–Kier alpha value is -0.900. The molecule has 0 radical (unpaired) electrons. The SMILES string of the molecule is CC(C)CC(CN(C)C)NC1CCN(Cc2ccccc2)CC1. The summed E-state index contributed by atoms with van der Waals surface area (Å²) >= 11 is 0. The summed E-state index contributed by atoms with van der Waals surface area (Å²) in [5.41, 5.74) is 1.43. The van der Waals surface area contributed by atoms with Gasteiger partial charge in [0, 0.05) is 25.2 Å². The Morgan fingerprint density at radius 1 is 1.13 bits per heavy atom. The second-order valence-electron chi connectivity index (χ2n) is 7.79. The van der Waals surface area contributed by atoms with E-state index in [1.54, 1.807) is 0 Å². The van der Waals surface area contributed by atoms with Gasteiger partial charge in [-0.2, -0.15) is 0 Å². The lowest BCUT2D eigenvalue weighted by Crippen LogP contribution is -2.49. The molecule has 1 saturated heterocycles. The molecule has 1 N–H and O–H groups in total. The van der Waals surface area contributed by atoms with Crippen molar-refractivity contribution in [2.75, 3.05) is 33.7 Å². The maximum Gasteiger partial charge on any atom is 0.0233 e. The van der Waals surface area contributed by atoms with Gasteiger partial charge in [0.2, 0.25) is 0 Å². The van der Waals surface area contributed by atoms with E-state index in [2.05, 4.69) is 73.4 Å². The second-order valence-corrected chi connectivity index (χ2v) is 7.79. The van der Waals surface area contributed by atoms with Crippen LogP contribution in [0.25, 0.3) is 0 Å². The summed E-state index contributed by atoms with van der Waals surface area (Å²) < 4.78 is 0. The van der Waals surface area contributed by atoms with Gasteiger partial charge in [0.05, 0.1) is 0 Å². The minimum absolute atomic E-state index is 0.621. The van der Waals surface area contributed by atoms with Gasteiger partial charge in [-0.15, -0.1) is 0 Å². The molecular weight excluding hydrogens is 282 g/mol. The molecule has 1 unspecified atom stereocenters. The summed E-state index contributed by atoms with van der Waals surface area (Å²) in [5.74, 6) is 0.755. The van der Waals surface area contributed by atoms with Gasteiger partial charge in [0.1, 0.15) is 0 Å². The van der Waals surface area contributed by atoms with Crippen molar-refractivity contribution in [1.82, 2.24) is 15.1 Å². The molecule has 1 atom stereocenters. The highest BCUT2D eigenvalue weighted by Crippen LogP contribution is 2.16. The minimum atomic E-state index is 0.621. The van der Waals surface area contributed by atoms with Crippen molar-refractivity contribution in [3.63, 3.8) is 0 Å². The molecule has 0 aliphatic carbocycles. The van der Waals surface area contributed by atoms with Crippen LogP contribution in [0.3, 0.4) is 0 Å². The molecule has 0 bridgehead atoms. The van der Waals surface area contributed by atoms with Crippen LogP contribution in [-0.4, -0.2) is 55.6 Å². The average molecular weight is 318 g/mol.